The van der Waals surface area contributed by atoms with Gasteiger partial charge in [0.05, 0.1) is 0 Å². The largest absolute Gasteiger partial charge is 0.492 e. The summed E-state index contributed by atoms with van der Waals surface area (Å²) >= 11 is 5.94. The van der Waals surface area contributed by atoms with E-state index in [0.29, 0.717) is 6.61 Å². The fourth-order valence-corrected chi connectivity index (χ4v) is 3.18. The van der Waals surface area contributed by atoms with E-state index in [2.05, 4.69) is 28.8 Å². The van der Waals surface area contributed by atoms with E-state index in [4.69, 9.17) is 16.3 Å². The Kier molecular flexibility index (Phi) is 6.14. The van der Waals surface area contributed by atoms with Gasteiger partial charge in [0, 0.05) is 34.9 Å². The van der Waals surface area contributed by atoms with Crippen LogP contribution in [-0.2, 0) is 0 Å². The van der Waals surface area contributed by atoms with Gasteiger partial charge in [0.1, 0.15) is 18.1 Å². The van der Waals surface area contributed by atoms with Crippen LogP contribution in [0.2, 0.25) is 5.02 Å². The molecule has 1 saturated carbocycles. The van der Waals surface area contributed by atoms with Gasteiger partial charge in [-0.2, -0.15) is 0 Å². The quantitative estimate of drug-likeness (QED) is 0.525. The SMILES string of the molecule is CN(CCOc1ccc(C#Cc2ccc(-c3ccc(Cl)cc3)cn2)cc1)C1CC1. The Morgan fingerprint density at radius 2 is 1.69 bits per heavy atom. The van der Waals surface area contributed by atoms with Gasteiger partial charge in [-0.3, -0.25) is 0 Å². The third-order valence-electron chi connectivity index (χ3n) is 5.01. The first-order valence-corrected chi connectivity index (χ1v) is 10.2. The second kappa shape index (κ2) is 9.13. The van der Waals surface area contributed by atoms with Crippen molar-refractivity contribution in [1.29, 1.82) is 0 Å². The molecular formula is C25H23ClN2O. The molecule has 2 aromatic carbocycles. The highest BCUT2D eigenvalue weighted by atomic mass is 35.5. The molecule has 0 aliphatic heterocycles. The summed E-state index contributed by atoms with van der Waals surface area (Å²) in [5.74, 6) is 7.15. The molecule has 0 atom stereocenters. The monoisotopic (exact) mass is 402 g/mol. The van der Waals surface area contributed by atoms with E-state index >= 15 is 0 Å². The van der Waals surface area contributed by atoms with E-state index in [-0.39, 0.29) is 0 Å². The van der Waals surface area contributed by atoms with Gasteiger partial charge in [-0.15, -0.1) is 0 Å². The predicted molar refractivity (Wildman–Crippen MR) is 118 cm³/mol. The Labute approximate surface area is 177 Å². The summed E-state index contributed by atoms with van der Waals surface area (Å²) in [6.07, 6.45) is 4.48. The number of hydrogen-bond donors (Lipinski definition) is 0. The first-order chi connectivity index (χ1) is 14.2. The summed E-state index contributed by atoms with van der Waals surface area (Å²) in [5, 5.41) is 0.728. The molecule has 0 saturated heterocycles. The van der Waals surface area contributed by atoms with Gasteiger partial charge in [-0.05, 0) is 73.8 Å². The maximum absolute atomic E-state index is 5.94. The number of likely N-dealkylation sites (N-methyl/N-ethyl adjacent to an activating group) is 1. The van der Waals surface area contributed by atoms with Crippen molar-refractivity contribution in [2.75, 3.05) is 20.2 Å². The third kappa shape index (κ3) is 5.60. The summed E-state index contributed by atoms with van der Waals surface area (Å²) in [4.78, 5) is 6.82. The van der Waals surface area contributed by atoms with Crippen LogP contribution in [0.25, 0.3) is 11.1 Å². The van der Waals surface area contributed by atoms with Crippen LogP contribution in [0.3, 0.4) is 0 Å². The van der Waals surface area contributed by atoms with E-state index in [9.17, 15) is 0 Å². The molecule has 0 radical (unpaired) electrons. The summed E-state index contributed by atoms with van der Waals surface area (Å²) in [7, 11) is 2.16. The third-order valence-corrected chi connectivity index (χ3v) is 5.27. The van der Waals surface area contributed by atoms with Crippen LogP contribution in [0.4, 0.5) is 0 Å². The van der Waals surface area contributed by atoms with E-state index in [1.54, 1.807) is 0 Å². The van der Waals surface area contributed by atoms with E-state index < -0.39 is 0 Å². The highest BCUT2D eigenvalue weighted by Gasteiger charge is 2.25. The molecule has 3 nitrogen and oxygen atoms in total. The van der Waals surface area contributed by atoms with Gasteiger partial charge >= 0.3 is 0 Å². The number of ether oxygens (including phenoxy) is 1. The Hall–Kier alpha value is -2.80. The van der Waals surface area contributed by atoms with E-state index in [1.165, 1.54) is 12.8 Å². The maximum atomic E-state index is 5.94. The molecule has 0 bridgehead atoms. The lowest BCUT2D eigenvalue weighted by Gasteiger charge is -2.15. The number of hydrogen-bond acceptors (Lipinski definition) is 3. The molecule has 4 heteroatoms. The Morgan fingerprint density at radius 1 is 0.966 bits per heavy atom. The zero-order valence-electron chi connectivity index (χ0n) is 16.4. The normalized spacial score (nSPS) is 13.1. The molecule has 1 aliphatic rings. The van der Waals surface area contributed by atoms with Crippen LogP contribution in [0.5, 0.6) is 5.75 Å². The lowest BCUT2D eigenvalue weighted by molar-refractivity contribution is 0.232. The fourth-order valence-electron chi connectivity index (χ4n) is 3.06. The van der Waals surface area contributed by atoms with E-state index in [0.717, 1.165) is 45.7 Å². The van der Waals surface area contributed by atoms with Gasteiger partial charge in [0.2, 0.25) is 0 Å². The smallest absolute Gasteiger partial charge is 0.119 e. The minimum absolute atomic E-state index is 0.710. The van der Waals surface area contributed by atoms with Gasteiger partial charge in [-0.25, -0.2) is 4.98 Å². The summed E-state index contributed by atoms with van der Waals surface area (Å²) in [5.41, 5.74) is 3.81. The lowest BCUT2D eigenvalue weighted by atomic mass is 10.1. The number of pyridine rings is 1. The topological polar surface area (TPSA) is 25.4 Å². The lowest BCUT2D eigenvalue weighted by Crippen LogP contribution is -2.26. The Morgan fingerprint density at radius 3 is 2.34 bits per heavy atom. The second-order valence-corrected chi connectivity index (χ2v) is 7.71. The first-order valence-electron chi connectivity index (χ1n) is 9.84. The van der Waals surface area contributed by atoms with Crippen molar-refractivity contribution < 1.29 is 4.74 Å². The molecule has 0 amide bonds. The molecule has 146 valence electrons. The molecule has 1 heterocycles. The summed E-state index contributed by atoms with van der Waals surface area (Å²) < 4.78 is 5.82. The van der Waals surface area contributed by atoms with Crippen LogP contribution in [0.15, 0.2) is 66.9 Å². The van der Waals surface area contributed by atoms with Crippen LogP contribution >= 0.6 is 11.6 Å². The molecular weight excluding hydrogens is 380 g/mol. The van der Waals surface area contributed by atoms with Crippen molar-refractivity contribution in [1.82, 2.24) is 9.88 Å². The van der Waals surface area contributed by atoms with Crippen LogP contribution in [0.1, 0.15) is 24.1 Å². The van der Waals surface area contributed by atoms with Crippen molar-refractivity contribution in [3.8, 4) is 28.7 Å². The number of aromatic nitrogens is 1. The molecule has 0 unspecified atom stereocenters. The average molecular weight is 403 g/mol. The van der Waals surface area contributed by atoms with Crippen LogP contribution in [0, 0.1) is 11.8 Å². The van der Waals surface area contributed by atoms with Crippen molar-refractivity contribution >= 4 is 11.6 Å². The molecule has 1 aromatic heterocycles. The van der Waals surface area contributed by atoms with Gasteiger partial charge in [0.15, 0.2) is 0 Å². The molecule has 1 aliphatic carbocycles. The molecule has 0 spiro atoms. The highest BCUT2D eigenvalue weighted by molar-refractivity contribution is 6.30. The highest BCUT2D eigenvalue weighted by Crippen LogP contribution is 2.25. The molecule has 1 fully saturated rings. The van der Waals surface area contributed by atoms with Crippen molar-refractivity contribution in [2.45, 2.75) is 18.9 Å². The van der Waals surface area contributed by atoms with Crippen molar-refractivity contribution in [3.63, 3.8) is 0 Å². The average Bonchev–Trinajstić information content (AvgIpc) is 3.60. The van der Waals surface area contributed by atoms with Gasteiger partial charge in [-0.1, -0.05) is 35.7 Å². The zero-order valence-corrected chi connectivity index (χ0v) is 17.2. The van der Waals surface area contributed by atoms with Crippen molar-refractivity contribution in [2.24, 2.45) is 0 Å². The molecule has 3 aromatic rings. The Bertz CT molecular complexity index is 998. The minimum atomic E-state index is 0.710. The van der Waals surface area contributed by atoms with Crippen LogP contribution < -0.4 is 4.74 Å². The molecule has 4 rings (SSSR count). The maximum Gasteiger partial charge on any atom is 0.119 e. The number of benzene rings is 2. The minimum Gasteiger partial charge on any atom is -0.492 e. The first kappa shape index (κ1) is 19.5. The Balaban J connectivity index is 1.32. The fraction of sp³-hybridized carbons (Fsp3) is 0.240. The molecule has 29 heavy (non-hydrogen) atoms. The number of rotatable bonds is 6. The van der Waals surface area contributed by atoms with Gasteiger partial charge in [0.25, 0.3) is 0 Å². The van der Waals surface area contributed by atoms with Crippen LogP contribution in [-0.4, -0.2) is 36.1 Å². The summed E-state index contributed by atoms with van der Waals surface area (Å²) in [6.45, 7) is 1.67. The molecule has 0 N–H and O–H groups in total. The number of nitrogens with zero attached hydrogens (tertiary/aromatic N) is 2. The van der Waals surface area contributed by atoms with Gasteiger partial charge < -0.3 is 9.64 Å². The second-order valence-electron chi connectivity index (χ2n) is 7.27. The zero-order chi connectivity index (χ0) is 20.1. The van der Waals surface area contributed by atoms with E-state index in [1.807, 2.05) is 66.9 Å². The van der Waals surface area contributed by atoms with Crippen molar-refractivity contribution in [3.05, 3.63) is 83.1 Å². The summed E-state index contributed by atoms with van der Waals surface area (Å²) in [6, 6.07) is 20.4. The number of halogens is 1. The standard InChI is InChI=1S/C25H23ClN2O/c1-28(24-12-13-24)16-17-29-25-14-3-19(4-15-25)2-10-23-11-7-21(18-27-23)20-5-8-22(26)9-6-20/h3-9,11,14-15,18,24H,12-13,16-17H2,1H3. The predicted octanol–water partition coefficient (Wildman–Crippen LogP) is 5.27.